The maximum atomic E-state index is 8.64. The van der Waals surface area contributed by atoms with E-state index in [9.17, 15) is 0 Å². The number of rotatable bonds is 1. The zero-order valence-corrected chi connectivity index (χ0v) is 11.0. The molecule has 1 heterocycles. The van der Waals surface area contributed by atoms with Crippen molar-refractivity contribution in [3.63, 3.8) is 0 Å². The molecule has 0 unspecified atom stereocenters. The van der Waals surface area contributed by atoms with Crippen LogP contribution in [0.3, 0.4) is 0 Å². The van der Waals surface area contributed by atoms with Crippen molar-refractivity contribution in [3.05, 3.63) is 26.6 Å². The molecule has 4 heteroatoms. The number of nitrogens with zero attached hydrogens (tertiary/aromatic N) is 1. The number of fused-ring (bicyclic) bond motifs is 1. The number of benzene rings is 1. The third-order valence-electron chi connectivity index (χ3n) is 2.02. The van der Waals surface area contributed by atoms with Crippen LogP contribution in [-0.2, 0) is 6.42 Å². The number of hydrogen-bond donors (Lipinski definition) is 1. The summed E-state index contributed by atoms with van der Waals surface area (Å²) in [7, 11) is 0. The van der Waals surface area contributed by atoms with E-state index in [1.807, 2.05) is 6.07 Å². The number of hydrogen-bond acceptors (Lipinski definition) is 3. The maximum absolute atomic E-state index is 8.64. The third-order valence-corrected chi connectivity index (χ3v) is 5.01. The summed E-state index contributed by atoms with van der Waals surface area (Å²) in [6.45, 7) is 0. The van der Waals surface area contributed by atoms with Crippen LogP contribution in [0.1, 0.15) is 5.56 Å². The van der Waals surface area contributed by atoms with E-state index in [-0.39, 0.29) is 0 Å². The lowest BCUT2D eigenvalue weighted by atomic mass is 10.1. The van der Waals surface area contributed by atoms with Crippen LogP contribution in [0, 0.1) is 14.9 Å². The fourth-order valence-corrected chi connectivity index (χ4v) is 3.66. The van der Waals surface area contributed by atoms with Crippen molar-refractivity contribution >= 4 is 56.6 Å². The van der Waals surface area contributed by atoms with Crippen molar-refractivity contribution in [3.8, 4) is 6.07 Å². The van der Waals surface area contributed by atoms with Crippen LogP contribution < -0.4 is 0 Å². The Kier molecular flexibility index (Phi) is 3.00. The SMILES string of the molecule is N#CCc1ccc2c(I)csc2c1S. The molecule has 0 atom stereocenters. The Labute approximate surface area is 105 Å². The van der Waals surface area contributed by atoms with Crippen LogP contribution in [0.4, 0.5) is 0 Å². The van der Waals surface area contributed by atoms with E-state index in [2.05, 4.69) is 52.7 Å². The van der Waals surface area contributed by atoms with E-state index in [4.69, 9.17) is 5.26 Å². The second kappa shape index (κ2) is 4.09. The highest BCUT2D eigenvalue weighted by Crippen LogP contribution is 2.34. The first-order valence-electron chi connectivity index (χ1n) is 3.98. The van der Waals surface area contributed by atoms with Gasteiger partial charge in [-0.05, 0) is 28.2 Å². The lowest BCUT2D eigenvalue weighted by Gasteiger charge is -2.01. The molecule has 1 aromatic heterocycles. The minimum Gasteiger partial charge on any atom is -0.198 e. The molecule has 0 amide bonds. The molecule has 0 N–H and O–H groups in total. The Balaban J connectivity index is 2.71. The quantitative estimate of drug-likeness (QED) is 0.623. The van der Waals surface area contributed by atoms with Crippen molar-refractivity contribution in [2.24, 2.45) is 0 Å². The third kappa shape index (κ3) is 1.64. The summed E-state index contributed by atoms with van der Waals surface area (Å²) in [5.74, 6) is 0. The van der Waals surface area contributed by atoms with E-state index in [1.54, 1.807) is 11.3 Å². The first kappa shape index (κ1) is 10.3. The van der Waals surface area contributed by atoms with Crippen LogP contribution in [0.2, 0.25) is 0 Å². The van der Waals surface area contributed by atoms with E-state index in [0.29, 0.717) is 6.42 Å². The van der Waals surface area contributed by atoms with E-state index < -0.39 is 0 Å². The second-order valence-electron chi connectivity index (χ2n) is 2.87. The van der Waals surface area contributed by atoms with E-state index in [0.717, 1.165) is 10.5 Å². The first-order chi connectivity index (χ1) is 6.74. The summed E-state index contributed by atoms with van der Waals surface area (Å²) in [5.41, 5.74) is 1.02. The zero-order valence-electron chi connectivity index (χ0n) is 7.12. The van der Waals surface area contributed by atoms with E-state index >= 15 is 0 Å². The van der Waals surface area contributed by atoms with Crippen LogP contribution in [0.5, 0.6) is 0 Å². The minimum absolute atomic E-state index is 0.434. The van der Waals surface area contributed by atoms with Gasteiger partial charge in [0.2, 0.25) is 0 Å². The average molecular weight is 331 g/mol. The number of thiophene rings is 1. The van der Waals surface area contributed by atoms with Gasteiger partial charge in [-0.3, -0.25) is 0 Å². The Bertz CT molecular complexity index is 525. The highest BCUT2D eigenvalue weighted by atomic mass is 127. The van der Waals surface area contributed by atoms with Gasteiger partial charge in [-0.25, -0.2) is 0 Å². The zero-order chi connectivity index (χ0) is 10.1. The molecular formula is C10H6INS2. The lowest BCUT2D eigenvalue weighted by molar-refractivity contribution is 1.21. The molecule has 0 spiro atoms. The van der Waals surface area contributed by atoms with Gasteiger partial charge < -0.3 is 0 Å². The molecule has 2 aromatic rings. The standard InChI is InChI=1S/C10H6INS2/c11-8-5-14-10-7(8)2-1-6(3-4-12)9(10)13/h1-2,5,13H,3H2. The fourth-order valence-electron chi connectivity index (χ4n) is 1.32. The molecule has 0 radical (unpaired) electrons. The smallest absolute Gasteiger partial charge is 0.0670 e. The van der Waals surface area contributed by atoms with Crippen LogP contribution in [0.25, 0.3) is 10.1 Å². The van der Waals surface area contributed by atoms with Gasteiger partial charge in [-0.15, -0.1) is 24.0 Å². The predicted molar refractivity (Wildman–Crippen MR) is 71.1 cm³/mol. The molecule has 1 nitrogen and oxygen atoms in total. The number of halogens is 1. The van der Waals surface area contributed by atoms with Crippen LogP contribution >= 0.6 is 46.6 Å². The monoisotopic (exact) mass is 331 g/mol. The largest absolute Gasteiger partial charge is 0.198 e. The van der Waals surface area contributed by atoms with Gasteiger partial charge in [0, 0.05) is 23.9 Å². The van der Waals surface area contributed by atoms with Crippen molar-refractivity contribution in [1.82, 2.24) is 0 Å². The Morgan fingerprint density at radius 3 is 3.00 bits per heavy atom. The Morgan fingerprint density at radius 2 is 2.29 bits per heavy atom. The second-order valence-corrected chi connectivity index (χ2v) is 5.36. The minimum atomic E-state index is 0.434. The topological polar surface area (TPSA) is 23.8 Å². The molecule has 0 fully saturated rings. The molecule has 0 aliphatic heterocycles. The molecule has 0 saturated carbocycles. The van der Waals surface area contributed by atoms with Crippen LogP contribution in [-0.4, -0.2) is 0 Å². The number of nitriles is 1. The van der Waals surface area contributed by atoms with Gasteiger partial charge in [0.05, 0.1) is 12.5 Å². The Hall–Kier alpha value is -0.250. The van der Waals surface area contributed by atoms with Crippen LogP contribution in [0.15, 0.2) is 22.4 Å². The highest BCUT2D eigenvalue weighted by Gasteiger charge is 2.07. The van der Waals surface area contributed by atoms with E-state index in [1.165, 1.54) is 13.7 Å². The summed E-state index contributed by atoms with van der Waals surface area (Å²) in [5, 5.41) is 12.0. The summed E-state index contributed by atoms with van der Waals surface area (Å²) in [6, 6.07) is 6.21. The summed E-state index contributed by atoms with van der Waals surface area (Å²) < 4.78 is 2.44. The molecule has 0 aliphatic rings. The van der Waals surface area contributed by atoms with Gasteiger partial charge >= 0.3 is 0 Å². The molecule has 0 saturated heterocycles. The van der Waals surface area contributed by atoms with Gasteiger partial charge in [0.25, 0.3) is 0 Å². The van der Waals surface area contributed by atoms with Crippen molar-refractivity contribution < 1.29 is 0 Å². The maximum Gasteiger partial charge on any atom is 0.0670 e. The summed E-state index contributed by atoms with van der Waals surface area (Å²) >= 11 is 8.47. The van der Waals surface area contributed by atoms with Gasteiger partial charge in [-0.1, -0.05) is 12.1 Å². The van der Waals surface area contributed by atoms with Crippen molar-refractivity contribution in [2.45, 2.75) is 11.3 Å². The molecular weight excluding hydrogens is 325 g/mol. The van der Waals surface area contributed by atoms with Gasteiger partial charge in [0.1, 0.15) is 0 Å². The van der Waals surface area contributed by atoms with Gasteiger partial charge in [-0.2, -0.15) is 5.26 Å². The molecule has 1 aromatic carbocycles. The van der Waals surface area contributed by atoms with Gasteiger partial charge in [0.15, 0.2) is 0 Å². The first-order valence-corrected chi connectivity index (χ1v) is 6.39. The molecule has 14 heavy (non-hydrogen) atoms. The summed E-state index contributed by atoms with van der Waals surface area (Å²) in [6.07, 6.45) is 0.434. The predicted octanol–water partition coefficient (Wildman–Crippen LogP) is 3.86. The Morgan fingerprint density at radius 1 is 1.50 bits per heavy atom. The highest BCUT2D eigenvalue weighted by molar-refractivity contribution is 14.1. The lowest BCUT2D eigenvalue weighted by Crippen LogP contribution is -1.83. The van der Waals surface area contributed by atoms with Crippen molar-refractivity contribution in [1.29, 1.82) is 5.26 Å². The number of thiol groups is 1. The average Bonchev–Trinajstić information content (AvgIpc) is 2.54. The fraction of sp³-hybridized carbons (Fsp3) is 0.100. The molecule has 0 aliphatic carbocycles. The normalized spacial score (nSPS) is 10.4. The van der Waals surface area contributed by atoms with Crippen molar-refractivity contribution in [2.75, 3.05) is 0 Å². The summed E-state index contributed by atoms with van der Waals surface area (Å²) in [4.78, 5) is 0.956. The molecule has 0 bridgehead atoms. The molecule has 70 valence electrons. The molecule has 2 rings (SSSR count).